The molecule has 5 rings (SSSR count). The first-order valence-corrected chi connectivity index (χ1v) is 11.2. The Morgan fingerprint density at radius 1 is 0.903 bits per heavy atom. The lowest BCUT2D eigenvalue weighted by molar-refractivity contribution is 0.103. The number of carbonyl (C=O) groups excluding carboxylic acids is 1. The minimum Gasteiger partial charge on any atom is -0.285 e. The van der Waals surface area contributed by atoms with Gasteiger partial charge >= 0.3 is 0 Å². The smallest absolute Gasteiger partial charge is 0.266 e. The second-order valence-corrected chi connectivity index (χ2v) is 9.24. The third kappa shape index (κ3) is 3.03. The molecule has 1 aliphatic heterocycles. The number of carbonyl (C=O) groups is 1. The molecule has 0 saturated heterocycles. The Kier molecular flexibility index (Phi) is 4.40. The SMILES string of the molecule is O=C1c2cc(NS(=O)(=O)c3c(Cl)cccc3Cl)ccc2-n2c1nc1ccccc1c2=O. The van der Waals surface area contributed by atoms with Crippen LogP contribution in [0.1, 0.15) is 16.2 Å². The minimum atomic E-state index is -4.13. The highest BCUT2D eigenvalue weighted by Crippen LogP contribution is 2.33. The van der Waals surface area contributed by atoms with Gasteiger partial charge in [-0.1, -0.05) is 41.4 Å². The number of aromatic nitrogens is 2. The van der Waals surface area contributed by atoms with E-state index in [4.69, 9.17) is 23.2 Å². The third-order valence-electron chi connectivity index (χ3n) is 4.90. The highest BCUT2D eigenvalue weighted by molar-refractivity contribution is 7.93. The molecule has 154 valence electrons. The van der Waals surface area contributed by atoms with Crippen LogP contribution in [0.3, 0.4) is 0 Å². The standard InChI is InChI=1S/C21H11Cl2N3O4S/c22-14-5-3-6-15(23)19(14)31(29,30)25-11-8-9-17-13(10-11)18(27)20-24-16-7-2-1-4-12(16)21(28)26(17)20/h1-10,25H. The Balaban J connectivity index is 1.61. The summed E-state index contributed by atoms with van der Waals surface area (Å²) in [4.78, 5) is 29.9. The summed E-state index contributed by atoms with van der Waals surface area (Å²) < 4.78 is 29.3. The molecule has 0 amide bonds. The summed E-state index contributed by atoms with van der Waals surface area (Å²) in [5.74, 6) is -0.498. The molecule has 4 aromatic rings. The van der Waals surface area contributed by atoms with Crippen LogP contribution in [-0.4, -0.2) is 23.8 Å². The van der Waals surface area contributed by atoms with Gasteiger partial charge in [0.05, 0.1) is 32.2 Å². The Bertz CT molecular complexity index is 1580. The number of para-hydroxylation sites is 1. The van der Waals surface area contributed by atoms with Crippen LogP contribution in [0, 0.1) is 0 Å². The van der Waals surface area contributed by atoms with Crippen molar-refractivity contribution in [3.05, 3.63) is 92.5 Å². The van der Waals surface area contributed by atoms with Crippen molar-refractivity contribution in [2.75, 3.05) is 4.72 Å². The van der Waals surface area contributed by atoms with Gasteiger partial charge in [-0.25, -0.2) is 13.4 Å². The lowest BCUT2D eigenvalue weighted by atomic mass is 10.1. The summed E-state index contributed by atoms with van der Waals surface area (Å²) >= 11 is 12.0. The van der Waals surface area contributed by atoms with Gasteiger partial charge in [-0.3, -0.25) is 18.9 Å². The van der Waals surface area contributed by atoms with Crippen molar-refractivity contribution in [1.29, 1.82) is 0 Å². The maximum absolute atomic E-state index is 12.9. The molecular formula is C21H11Cl2N3O4S. The molecule has 31 heavy (non-hydrogen) atoms. The number of fused-ring (bicyclic) bond motifs is 4. The number of ketones is 1. The van der Waals surface area contributed by atoms with Crippen LogP contribution in [0.4, 0.5) is 5.69 Å². The molecule has 1 aliphatic rings. The van der Waals surface area contributed by atoms with E-state index in [1.54, 1.807) is 24.3 Å². The van der Waals surface area contributed by atoms with E-state index in [1.807, 2.05) is 0 Å². The molecule has 1 aromatic heterocycles. The van der Waals surface area contributed by atoms with Crippen LogP contribution < -0.4 is 10.3 Å². The normalized spacial score (nSPS) is 12.6. The fourth-order valence-electron chi connectivity index (χ4n) is 3.55. The molecule has 0 atom stereocenters. The summed E-state index contributed by atoms with van der Waals surface area (Å²) in [6, 6.07) is 15.4. The van der Waals surface area contributed by atoms with Crippen molar-refractivity contribution in [1.82, 2.24) is 9.55 Å². The fraction of sp³-hybridized carbons (Fsp3) is 0. The third-order valence-corrected chi connectivity index (χ3v) is 7.24. The number of nitrogens with one attached hydrogen (secondary N) is 1. The first-order chi connectivity index (χ1) is 14.8. The number of benzene rings is 3. The van der Waals surface area contributed by atoms with Crippen LogP contribution in [0.2, 0.25) is 10.0 Å². The van der Waals surface area contributed by atoms with E-state index in [2.05, 4.69) is 9.71 Å². The number of anilines is 1. The van der Waals surface area contributed by atoms with Gasteiger partial charge in [0.2, 0.25) is 5.78 Å². The van der Waals surface area contributed by atoms with E-state index in [0.29, 0.717) is 16.6 Å². The molecular weight excluding hydrogens is 461 g/mol. The Hall–Kier alpha value is -3.20. The summed E-state index contributed by atoms with van der Waals surface area (Å²) in [7, 11) is -4.13. The quantitative estimate of drug-likeness (QED) is 0.428. The molecule has 10 heteroatoms. The van der Waals surface area contributed by atoms with E-state index in [-0.39, 0.29) is 37.6 Å². The zero-order valence-corrected chi connectivity index (χ0v) is 17.8. The molecule has 0 bridgehead atoms. The van der Waals surface area contributed by atoms with Crippen LogP contribution in [0.5, 0.6) is 0 Å². The van der Waals surface area contributed by atoms with Gasteiger partial charge in [-0.05, 0) is 42.5 Å². The number of hydrogen-bond donors (Lipinski definition) is 1. The van der Waals surface area contributed by atoms with E-state index in [0.717, 1.165) is 0 Å². The molecule has 0 saturated carbocycles. The van der Waals surface area contributed by atoms with Gasteiger partial charge in [0.1, 0.15) is 4.90 Å². The zero-order valence-electron chi connectivity index (χ0n) is 15.5. The number of nitrogens with zero attached hydrogens (tertiary/aromatic N) is 2. The van der Waals surface area contributed by atoms with Crippen LogP contribution in [0.15, 0.2) is 70.4 Å². The van der Waals surface area contributed by atoms with Crippen LogP contribution >= 0.6 is 23.2 Å². The topological polar surface area (TPSA) is 98.1 Å². The molecule has 3 aromatic carbocycles. The highest BCUT2D eigenvalue weighted by Gasteiger charge is 2.31. The molecule has 7 nitrogen and oxygen atoms in total. The summed E-state index contributed by atoms with van der Waals surface area (Å²) in [5, 5.41) is 0.309. The Morgan fingerprint density at radius 2 is 1.61 bits per heavy atom. The van der Waals surface area contributed by atoms with Gasteiger partial charge in [-0.2, -0.15) is 0 Å². The van der Waals surface area contributed by atoms with E-state index in [9.17, 15) is 18.0 Å². The first kappa shape index (κ1) is 19.7. The molecule has 2 heterocycles. The number of rotatable bonds is 3. The van der Waals surface area contributed by atoms with E-state index in [1.165, 1.54) is 41.0 Å². The lowest BCUT2D eigenvalue weighted by Crippen LogP contribution is -2.21. The fourth-order valence-corrected chi connectivity index (χ4v) is 5.75. The number of sulfonamides is 1. The molecule has 0 spiro atoms. The van der Waals surface area contributed by atoms with Gasteiger partial charge in [0.15, 0.2) is 5.82 Å². The van der Waals surface area contributed by atoms with Gasteiger partial charge in [-0.15, -0.1) is 0 Å². The van der Waals surface area contributed by atoms with Crippen molar-refractivity contribution < 1.29 is 13.2 Å². The first-order valence-electron chi connectivity index (χ1n) is 8.96. The Morgan fingerprint density at radius 3 is 2.35 bits per heavy atom. The summed E-state index contributed by atoms with van der Waals surface area (Å²) in [6.45, 7) is 0. The van der Waals surface area contributed by atoms with Gasteiger partial charge in [0, 0.05) is 5.69 Å². The lowest BCUT2D eigenvalue weighted by Gasteiger charge is -2.12. The molecule has 0 unspecified atom stereocenters. The zero-order chi connectivity index (χ0) is 21.9. The second-order valence-electron chi connectivity index (χ2n) is 6.81. The predicted molar refractivity (Wildman–Crippen MR) is 118 cm³/mol. The van der Waals surface area contributed by atoms with Crippen molar-refractivity contribution >= 4 is 55.6 Å². The van der Waals surface area contributed by atoms with Gasteiger partial charge < -0.3 is 0 Å². The summed E-state index contributed by atoms with van der Waals surface area (Å²) in [5.41, 5.74) is 0.652. The van der Waals surface area contributed by atoms with Crippen molar-refractivity contribution in [2.24, 2.45) is 0 Å². The maximum atomic E-state index is 12.9. The van der Waals surface area contributed by atoms with Crippen molar-refractivity contribution in [3.63, 3.8) is 0 Å². The Labute approximate surface area is 185 Å². The molecule has 0 fully saturated rings. The summed E-state index contributed by atoms with van der Waals surface area (Å²) in [6.07, 6.45) is 0. The number of halogens is 2. The minimum absolute atomic E-state index is 0.0205. The van der Waals surface area contributed by atoms with E-state index < -0.39 is 15.8 Å². The molecule has 1 N–H and O–H groups in total. The van der Waals surface area contributed by atoms with Crippen LogP contribution in [-0.2, 0) is 10.0 Å². The average Bonchev–Trinajstić information content (AvgIpc) is 2.99. The maximum Gasteiger partial charge on any atom is 0.266 e. The predicted octanol–water partition coefficient (Wildman–Crippen LogP) is 4.04. The van der Waals surface area contributed by atoms with Gasteiger partial charge in [0.25, 0.3) is 15.6 Å². The second kappa shape index (κ2) is 6.91. The van der Waals surface area contributed by atoms with E-state index >= 15 is 0 Å². The largest absolute Gasteiger partial charge is 0.285 e. The van der Waals surface area contributed by atoms with Crippen molar-refractivity contribution in [3.8, 4) is 5.69 Å². The average molecular weight is 472 g/mol. The monoisotopic (exact) mass is 471 g/mol. The highest BCUT2D eigenvalue weighted by atomic mass is 35.5. The van der Waals surface area contributed by atoms with Crippen molar-refractivity contribution in [2.45, 2.75) is 4.90 Å². The molecule has 0 aliphatic carbocycles. The molecule has 0 radical (unpaired) electrons. The number of hydrogen-bond acceptors (Lipinski definition) is 5. The van der Waals surface area contributed by atoms with Crippen LogP contribution in [0.25, 0.3) is 16.6 Å².